The highest BCUT2D eigenvalue weighted by Gasteiger charge is 2.51. The first kappa shape index (κ1) is 46.7. The Morgan fingerprint density at radius 2 is 1.44 bits per heavy atom. The Balaban J connectivity index is 1.09. The summed E-state index contributed by atoms with van der Waals surface area (Å²) in [6.45, 7) is 12.3. The molecule has 5 atom stereocenters. The zero-order chi connectivity index (χ0) is 44.5. The second-order valence-electron chi connectivity index (χ2n) is 18.8. The molecule has 334 valence electrons. The van der Waals surface area contributed by atoms with Crippen LogP contribution in [0.3, 0.4) is 0 Å². The van der Waals surface area contributed by atoms with Gasteiger partial charge < -0.3 is 30.0 Å². The fourth-order valence-corrected chi connectivity index (χ4v) is 14.1. The molecule has 2 saturated heterocycles. The predicted octanol–water partition coefficient (Wildman–Crippen LogP) is 6.29. The van der Waals surface area contributed by atoms with Crippen molar-refractivity contribution in [2.75, 3.05) is 6.54 Å². The van der Waals surface area contributed by atoms with Gasteiger partial charge in [-0.15, -0.1) is 0 Å². The van der Waals surface area contributed by atoms with Gasteiger partial charge in [0.15, 0.2) is 5.78 Å². The fraction of sp³-hybridized carbons (Fsp3) is 0.540. The number of rotatable bonds is 16. The highest BCUT2D eigenvalue weighted by atomic mass is 28.4. The number of carbonyl (C=O) groups excluding carboxylic acids is 5. The molecule has 62 heavy (non-hydrogen) atoms. The standard InChI is InChI=1S/C50H68N4O7Si/c1-7-50(6)48(59)52-42(34-36-29-31-38(32-30-36)60-37-20-17-18-21-37)47(58)54-33-19-27-43(54)46(57)51-41(45(56)53-50)26-15-10-16-28-44(55)35(2)61-62(49(3,4)5,39-22-11-8-12-23-39)40-24-13-9-14-25-40/h8-9,11-14,22-25,29-32,35,37,41-43H,7,10,15-21,26-28,33-34H2,1-6H3,(H,51,57)(H,52,59)(H,53,56)/t35-,41+,42+,43-,50+/m1/s1. The van der Waals surface area contributed by atoms with Crippen LogP contribution in [0.1, 0.15) is 124 Å². The summed E-state index contributed by atoms with van der Waals surface area (Å²) in [6.07, 6.45) is 8.04. The highest BCUT2D eigenvalue weighted by Crippen LogP contribution is 2.38. The quantitative estimate of drug-likeness (QED) is 0.114. The number of carbonyl (C=O) groups is 5. The van der Waals surface area contributed by atoms with Crippen molar-refractivity contribution in [2.24, 2.45) is 0 Å². The summed E-state index contributed by atoms with van der Waals surface area (Å²) in [4.78, 5) is 71.6. The van der Waals surface area contributed by atoms with Gasteiger partial charge in [0.2, 0.25) is 23.6 Å². The number of nitrogens with one attached hydrogen (secondary N) is 3. The van der Waals surface area contributed by atoms with E-state index in [9.17, 15) is 24.0 Å². The van der Waals surface area contributed by atoms with E-state index >= 15 is 0 Å². The summed E-state index contributed by atoms with van der Waals surface area (Å²) in [5.74, 6) is -0.801. The topological polar surface area (TPSA) is 143 Å². The number of benzene rings is 3. The van der Waals surface area contributed by atoms with Crippen LogP contribution in [0.25, 0.3) is 0 Å². The predicted molar refractivity (Wildman–Crippen MR) is 245 cm³/mol. The van der Waals surface area contributed by atoms with Crippen LogP contribution in [0, 0.1) is 0 Å². The number of fused-ring (bicyclic) bond motifs is 1. The van der Waals surface area contributed by atoms with E-state index in [4.69, 9.17) is 9.16 Å². The molecule has 3 aromatic carbocycles. The number of ketones is 1. The zero-order valence-electron chi connectivity index (χ0n) is 37.7. The number of hydrogen-bond acceptors (Lipinski definition) is 7. The van der Waals surface area contributed by atoms with Crippen molar-refractivity contribution in [1.29, 1.82) is 0 Å². The van der Waals surface area contributed by atoms with Crippen LogP contribution in [0.4, 0.5) is 0 Å². The molecule has 2 heterocycles. The number of ether oxygens (including phenoxy) is 1. The molecule has 11 nitrogen and oxygen atoms in total. The van der Waals surface area contributed by atoms with Crippen LogP contribution < -0.4 is 31.1 Å². The first-order chi connectivity index (χ1) is 29.6. The molecular weight excluding hydrogens is 797 g/mol. The third kappa shape index (κ3) is 10.9. The molecule has 0 bridgehead atoms. The minimum atomic E-state index is -2.92. The lowest BCUT2D eigenvalue weighted by atomic mass is 9.94. The number of nitrogens with zero attached hydrogens (tertiary/aromatic N) is 1. The van der Waals surface area contributed by atoms with Gasteiger partial charge in [0, 0.05) is 19.4 Å². The van der Waals surface area contributed by atoms with Crippen molar-refractivity contribution in [1.82, 2.24) is 20.9 Å². The van der Waals surface area contributed by atoms with Crippen LogP contribution in [0.2, 0.25) is 5.04 Å². The van der Waals surface area contributed by atoms with Crippen molar-refractivity contribution in [3.05, 3.63) is 90.5 Å². The number of hydrogen-bond donors (Lipinski definition) is 3. The smallest absolute Gasteiger partial charge is 0.262 e. The van der Waals surface area contributed by atoms with E-state index in [1.807, 2.05) is 74.5 Å². The second kappa shape index (κ2) is 20.6. The molecule has 1 aliphatic carbocycles. The summed E-state index contributed by atoms with van der Waals surface area (Å²) < 4.78 is 13.2. The summed E-state index contributed by atoms with van der Waals surface area (Å²) in [5.41, 5.74) is -0.491. The molecule has 0 aromatic heterocycles. The van der Waals surface area contributed by atoms with Gasteiger partial charge in [-0.2, -0.15) is 0 Å². The van der Waals surface area contributed by atoms with Crippen molar-refractivity contribution in [2.45, 2.75) is 166 Å². The molecule has 4 amide bonds. The van der Waals surface area contributed by atoms with E-state index in [0.29, 0.717) is 51.5 Å². The van der Waals surface area contributed by atoms with E-state index in [0.717, 1.165) is 34.5 Å². The van der Waals surface area contributed by atoms with Gasteiger partial charge in [-0.1, -0.05) is 113 Å². The molecule has 3 N–H and O–H groups in total. The van der Waals surface area contributed by atoms with Crippen molar-refractivity contribution in [3.63, 3.8) is 0 Å². The Bertz CT molecular complexity index is 1960. The lowest BCUT2D eigenvalue weighted by Gasteiger charge is -2.44. The van der Waals surface area contributed by atoms with Crippen molar-refractivity contribution in [3.8, 4) is 5.75 Å². The third-order valence-electron chi connectivity index (χ3n) is 13.3. The molecule has 3 aliphatic rings. The maximum Gasteiger partial charge on any atom is 0.262 e. The van der Waals surface area contributed by atoms with Gasteiger partial charge in [0.1, 0.15) is 35.5 Å². The van der Waals surface area contributed by atoms with Crippen LogP contribution in [-0.4, -0.2) is 85.0 Å². The minimum Gasteiger partial charge on any atom is -0.490 e. The van der Waals surface area contributed by atoms with Crippen LogP contribution in [0.15, 0.2) is 84.9 Å². The molecule has 2 aliphatic heterocycles. The van der Waals surface area contributed by atoms with E-state index in [1.165, 1.54) is 12.8 Å². The maximum absolute atomic E-state index is 14.3. The van der Waals surface area contributed by atoms with Crippen molar-refractivity contribution >= 4 is 48.1 Å². The van der Waals surface area contributed by atoms with E-state index in [1.54, 1.807) is 11.8 Å². The summed E-state index contributed by atoms with van der Waals surface area (Å²) in [5, 5.41) is 10.9. The summed E-state index contributed by atoms with van der Waals surface area (Å²) >= 11 is 0. The minimum absolute atomic E-state index is 0.0226. The first-order valence-corrected chi connectivity index (χ1v) is 24.9. The molecule has 12 heteroatoms. The normalized spacial score (nSPS) is 23.4. The Morgan fingerprint density at radius 3 is 2.03 bits per heavy atom. The van der Waals surface area contributed by atoms with Gasteiger partial charge in [-0.05, 0) is 105 Å². The molecule has 6 rings (SSSR count). The van der Waals surface area contributed by atoms with E-state index < -0.39 is 49.9 Å². The Hall–Kier alpha value is -4.81. The van der Waals surface area contributed by atoms with Crippen LogP contribution in [-0.2, 0) is 34.8 Å². The van der Waals surface area contributed by atoms with E-state index in [2.05, 4.69) is 61.0 Å². The summed E-state index contributed by atoms with van der Waals surface area (Å²) in [7, 11) is -2.92. The Morgan fingerprint density at radius 1 is 0.806 bits per heavy atom. The molecule has 0 unspecified atom stereocenters. The van der Waals surface area contributed by atoms with Gasteiger partial charge >= 0.3 is 0 Å². The van der Waals surface area contributed by atoms with E-state index in [-0.39, 0.29) is 41.6 Å². The Labute approximate surface area is 369 Å². The average Bonchev–Trinajstić information content (AvgIpc) is 3.98. The number of amides is 4. The SMILES string of the molecule is CC[C@]1(C)NC(=O)[C@H](CCCCCC(=O)[C@@H](C)O[Si](c2ccccc2)(c2ccccc2)C(C)(C)C)NC(=O)[C@H]2CCCN2C(=O)[C@H](Cc2ccc(OC3CCCC3)cc2)NC1=O. The largest absolute Gasteiger partial charge is 0.490 e. The molecule has 0 spiro atoms. The molecule has 3 fully saturated rings. The molecule has 1 saturated carbocycles. The third-order valence-corrected chi connectivity index (χ3v) is 18.4. The summed E-state index contributed by atoms with van der Waals surface area (Å²) in [6, 6.07) is 25.6. The number of unbranched alkanes of at least 4 members (excludes halogenated alkanes) is 2. The number of Topliss-reactive ketones (excluding diaryl/α,β-unsaturated/α-hetero) is 1. The van der Waals surface area contributed by atoms with Gasteiger partial charge in [-0.25, -0.2) is 0 Å². The zero-order valence-corrected chi connectivity index (χ0v) is 38.7. The fourth-order valence-electron chi connectivity index (χ4n) is 9.41. The second-order valence-corrected chi connectivity index (χ2v) is 23.1. The molecule has 0 radical (unpaired) electrons. The van der Waals surface area contributed by atoms with Gasteiger partial charge in [-0.3, -0.25) is 24.0 Å². The first-order valence-electron chi connectivity index (χ1n) is 23.0. The lowest BCUT2D eigenvalue weighted by Crippen LogP contribution is -2.68. The van der Waals surface area contributed by atoms with Crippen LogP contribution >= 0.6 is 0 Å². The monoisotopic (exact) mass is 864 g/mol. The lowest BCUT2D eigenvalue weighted by molar-refractivity contribution is -0.144. The maximum atomic E-state index is 14.3. The molecular formula is C50H68N4O7Si. The average molecular weight is 865 g/mol. The van der Waals surface area contributed by atoms with Crippen LogP contribution in [0.5, 0.6) is 5.75 Å². The molecule has 3 aromatic rings. The van der Waals surface area contributed by atoms with Gasteiger partial charge in [0.25, 0.3) is 8.32 Å². The van der Waals surface area contributed by atoms with Gasteiger partial charge in [0.05, 0.1) is 6.10 Å². The van der Waals surface area contributed by atoms with Crippen molar-refractivity contribution < 1.29 is 33.1 Å². The Kier molecular flexibility index (Phi) is 15.5. The highest BCUT2D eigenvalue weighted by molar-refractivity contribution is 6.99.